The summed E-state index contributed by atoms with van der Waals surface area (Å²) in [5, 5.41) is 11.7. The standard InChI is InChI=1S/C11H14BrNO3/c1-3-4-5-9-6-8(11(14)16-2)7-10(12)13(9)15/h6-7H,3-5H2,1-2H3. The molecule has 1 heterocycles. The number of nitrogens with zero attached hydrogens (tertiary/aromatic N) is 1. The molecule has 0 spiro atoms. The number of carbonyl (C=O) groups excluding carboxylic acids is 1. The highest BCUT2D eigenvalue weighted by atomic mass is 79.9. The average Bonchev–Trinajstić information content (AvgIpc) is 2.29. The van der Waals surface area contributed by atoms with E-state index in [-0.39, 0.29) is 0 Å². The lowest BCUT2D eigenvalue weighted by atomic mass is 10.1. The van der Waals surface area contributed by atoms with Crippen LogP contribution in [0.5, 0.6) is 0 Å². The summed E-state index contributed by atoms with van der Waals surface area (Å²) in [6.07, 6.45) is 2.57. The summed E-state index contributed by atoms with van der Waals surface area (Å²) in [6, 6.07) is 3.05. The molecule has 16 heavy (non-hydrogen) atoms. The van der Waals surface area contributed by atoms with E-state index < -0.39 is 5.97 Å². The van der Waals surface area contributed by atoms with Gasteiger partial charge < -0.3 is 9.94 Å². The van der Waals surface area contributed by atoms with Crippen LogP contribution in [0.15, 0.2) is 16.7 Å². The van der Waals surface area contributed by atoms with Gasteiger partial charge in [-0.3, -0.25) is 0 Å². The van der Waals surface area contributed by atoms with Crippen molar-refractivity contribution in [3.8, 4) is 0 Å². The molecule has 0 N–H and O–H groups in total. The Hall–Kier alpha value is -1.10. The van der Waals surface area contributed by atoms with Crippen molar-refractivity contribution in [1.82, 2.24) is 0 Å². The maximum Gasteiger partial charge on any atom is 0.338 e. The number of methoxy groups -OCH3 is 1. The van der Waals surface area contributed by atoms with E-state index >= 15 is 0 Å². The molecule has 88 valence electrons. The first-order valence-electron chi connectivity index (χ1n) is 5.10. The fourth-order valence-electron chi connectivity index (χ4n) is 1.37. The van der Waals surface area contributed by atoms with E-state index in [1.54, 1.807) is 6.07 Å². The molecule has 0 amide bonds. The minimum Gasteiger partial charge on any atom is -0.618 e. The Morgan fingerprint density at radius 2 is 2.25 bits per heavy atom. The number of pyridine rings is 1. The van der Waals surface area contributed by atoms with Crippen LogP contribution in [0.2, 0.25) is 0 Å². The number of carbonyl (C=O) groups is 1. The molecule has 0 aliphatic rings. The highest BCUT2D eigenvalue weighted by molar-refractivity contribution is 9.10. The van der Waals surface area contributed by atoms with Gasteiger partial charge in [-0.1, -0.05) is 13.3 Å². The van der Waals surface area contributed by atoms with Gasteiger partial charge in [-0.2, -0.15) is 4.73 Å². The summed E-state index contributed by atoms with van der Waals surface area (Å²) in [7, 11) is 1.32. The topological polar surface area (TPSA) is 53.2 Å². The highest BCUT2D eigenvalue weighted by Gasteiger charge is 2.16. The Morgan fingerprint density at radius 1 is 1.56 bits per heavy atom. The summed E-state index contributed by atoms with van der Waals surface area (Å²) in [5.74, 6) is -0.431. The van der Waals surface area contributed by atoms with Crippen LogP contribution in [0.25, 0.3) is 0 Å². The third-order valence-corrected chi connectivity index (χ3v) is 2.81. The van der Waals surface area contributed by atoms with Crippen LogP contribution < -0.4 is 4.73 Å². The van der Waals surface area contributed by atoms with Gasteiger partial charge in [-0.25, -0.2) is 4.79 Å². The molecule has 4 nitrogen and oxygen atoms in total. The molecular formula is C11H14BrNO3. The number of halogens is 1. The van der Waals surface area contributed by atoms with E-state index in [1.165, 1.54) is 13.2 Å². The summed E-state index contributed by atoms with van der Waals surface area (Å²) in [4.78, 5) is 11.3. The summed E-state index contributed by atoms with van der Waals surface area (Å²) in [6.45, 7) is 2.05. The van der Waals surface area contributed by atoms with Crippen LogP contribution in [0, 0.1) is 5.21 Å². The number of hydrogen-bond acceptors (Lipinski definition) is 3. The van der Waals surface area contributed by atoms with E-state index in [4.69, 9.17) is 0 Å². The van der Waals surface area contributed by atoms with Crippen molar-refractivity contribution in [3.63, 3.8) is 0 Å². The monoisotopic (exact) mass is 287 g/mol. The van der Waals surface area contributed by atoms with Crippen molar-refractivity contribution < 1.29 is 14.3 Å². The second-order valence-corrected chi connectivity index (χ2v) is 4.26. The third-order valence-electron chi connectivity index (χ3n) is 2.26. The fraction of sp³-hybridized carbons (Fsp3) is 0.455. The molecule has 1 aromatic rings. The first-order chi connectivity index (χ1) is 7.60. The molecule has 1 rings (SSSR count). The number of esters is 1. The summed E-state index contributed by atoms with van der Waals surface area (Å²) in [5.41, 5.74) is 0.976. The number of aryl methyl sites for hydroxylation is 1. The molecule has 0 aromatic carbocycles. The van der Waals surface area contributed by atoms with Gasteiger partial charge in [-0.05, 0) is 6.42 Å². The minimum absolute atomic E-state index is 0.335. The Bertz CT molecular complexity index is 393. The predicted octanol–water partition coefficient (Wildman–Crippen LogP) is 2.21. The molecule has 1 aromatic heterocycles. The SMILES string of the molecule is CCCCc1cc(C(=O)OC)cc(Br)[n+]1[O-]. The molecule has 0 unspecified atom stereocenters. The van der Waals surface area contributed by atoms with Gasteiger partial charge in [0.25, 0.3) is 4.60 Å². The molecule has 5 heteroatoms. The van der Waals surface area contributed by atoms with Gasteiger partial charge in [0, 0.05) is 34.5 Å². The zero-order chi connectivity index (χ0) is 12.1. The lowest BCUT2D eigenvalue weighted by molar-refractivity contribution is -0.625. The van der Waals surface area contributed by atoms with Crippen molar-refractivity contribution in [2.75, 3.05) is 7.11 Å². The van der Waals surface area contributed by atoms with Gasteiger partial charge >= 0.3 is 5.97 Å². The van der Waals surface area contributed by atoms with Crippen molar-refractivity contribution in [2.24, 2.45) is 0 Å². The molecule has 0 radical (unpaired) electrons. The first kappa shape index (κ1) is 13.0. The average molecular weight is 288 g/mol. The second kappa shape index (κ2) is 5.84. The van der Waals surface area contributed by atoms with Crippen LogP contribution in [0.1, 0.15) is 35.8 Å². The lowest BCUT2D eigenvalue weighted by Crippen LogP contribution is -2.34. The molecule has 0 aliphatic heterocycles. The zero-order valence-corrected chi connectivity index (χ0v) is 10.9. The largest absolute Gasteiger partial charge is 0.618 e. The van der Waals surface area contributed by atoms with E-state index in [0.29, 0.717) is 22.3 Å². The van der Waals surface area contributed by atoms with E-state index in [2.05, 4.69) is 20.7 Å². The van der Waals surface area contributed by atoms with Gasteiger partial charge in [0.1, 0.15) is 0 Å². The maximum atomic E-state index is 11.7. The van der Waals surface area contributed by atoms with E-state index in [9.17, 15) is 10.0 Å². The molecule has 0 fully saturated rings. The number of aromatic nitrogens is 1. The number of hydrogen-bond donors (Lipinski definition) is 0. The number of rotatable bonds is 4. The Labute approximate surface area is 103 Å². The van der Waals surface area contributed by atoms with E-state index in [0.717, 1.165) is 17.6 Å². The maximum absolute atomic E-state index is 11.7. The van der Waals surface area contributed by atoms with Crippen LogP contribution >= 0.6 is 15.9 Å². The molecule has 0 atom stereocenters. The minimum atomic E-state index is -0.431. The Morgan fingerprint density at radius 3 is 2.81 bits per heavy atom. The molecule has 0 aliphatic carbocycles. The van der Waals surface area contributed by atoms with Gasteiger partial charge in [0.05, 0.1) is 12.7 Å². The molecular weight excluding hydrogens is 274 g/mol. The van der Waals surface area contributed by atoms with Gasteiger partial charge in [0.15, 0.2) is 5.69 Å². The van der Waals surface area contributed by atoms with Gasteiger partial charge in [0.2, 0.25) is 0 Å². The fourth-order valence-corrected chi connectivity index (χ4v) is 1.85. The lowest BCUT2D eigenvalue weighted by Gasteiger charge is -2.07. The van der Waals surface area contributed by atoms with Gasteiger partial charge in [-0.15, -0.1) is 0 Å². The highest BCUT2D eigenvalue weighted by Crippen LogP contribution is 2.12. The molecule has 0 saturated carbocycles. The Kier molecular flexibility index (Phi) is 4.73. The van der Waals surface area contributed by atoms with Crippen LogP contribution in [0.4, 0.5) is 0 Å². The van der Waals surface area contributed by atoms with E-state index in [1.807, 2.05) is 6.92 Å². The molecule has 0 bridgehead atoms. The summed E-state index contributed by atoms with van der Waals surface area (Å²) >= 11 is 3.13. The van der Waals surface area contributed by atoms with Crippen molar-refractivity contribution in [3.05, 3.63) is 33.2 Å². The smallest absolute Gasteiger partial charge is 0.338 e. The number of unbranched alkanes of at least 4 members (excludes halogenated alkanes) is 1. The van der Waals surface area contributed by atoms with Crippen molar-refractivity contribution in [2.45, 2.75) is 26.2 Å². The number of ether oxygens (including phenoxy) is 1. The van der Waals surface area contributed by atoms with Crippen molar-refractivity contribution >= 4 is 21.9 Å². The first-order valence-corrected chi connectivity index (χ1v) is 5.89. The summed E-state index contributed by atoms with van der Waals surface area (Å²) < 4.78 is 5.75. The van der Waals surface area contributed by atoms with Crippen molar-refractivity contribution in [1.29, 1.82) is 0 Å². The van der Waals surface area contributed by atoms with Crippen LogP contribution in [0.3, 0.4) is 0 Å². The molecule has 0 saturated heterocycles. The zero-order valence-electron chi connectivity index (χ0n) is 9.33. The second-order valence-electron chi connectivity index (χ2n) is 3.45. The van der Waals surface area contributed by atoms with Crippen LogP contribution in [-0.2, 0) is 11.2 Å². The third kappa shape index (κ3) is 2.95. The quantitative estimate of drug-likeness (QED) is 0.369. The normalized spacial score (nSPS) is 10.2. The Balaban J connectivity index is 3.06. The predicted molar refractivity (Wildman–Crippen MR) is 63.1 cm³/mol. The van der Waals surface area contributed by atoms with Crippen LogP contribution in [-0.4, -0.2) is 13.1 Å².